The minimum atomic E-state index is 0.527. The van der Waals surface area contributed by atoms with Crippen LogP contribution in [0.1, 0.15) is 65.1 Å². The van der Waals surface area contributed by atoms with Crippen molar-refractivity contribution in [3.63, 3.8) is 0 Å². The van der Waals surface area contributed by atoms with Crippen molar-refractivity contribution in [2.75, 3.05) is 0 Å². The molecule has 2 rings (SSSR count). The molecule has 3 nitrogen and oxygen atoms in total. The van der Waals surface area contributed by atoms with E-state index < -0.39 is 0 Å². The third-order valence-corrected chi connectivity index (χ3v) is 4.14. The highest BCUT2D eigenvalue weighted by Crippen LogP contribution is 2.40. The molecule has 0 aliphatic heterocycles. The van der Waals surface area contributed by atoms with Gasteiger partial charge in [-0.3, -0.25) is 0 Å². The number of hydrogen-bond acceptors (Lipinski definition) is 2. The maximum Gasteiger partial charge on any atom is 0.0951 e. The molecule has 3 heteroatoms. The van der Waals surface area contributed by atoms with E-state index in [1.807, 2.05) is 12.5 Å². The molecule has 18 heavy (non-hydrogen) atoms. The van der Waals surface area contributed by atoms with Crippen LogP contribution in [0.15, 0.2) is 12.5 Å². The van der Waals surface area contributed by atoms with E-state index in [1.54, 1.807) is 0 Å². The Balaban J connectivity index is 1.99. The zero-order valence-corrected chi connectivity index (χ0v) is 12.2. The first kappa shape index (κ1) is 13.6. The zero-order chi connectivity index (χ0) is 13.2. The van der Waals surface area contributed by atoms with Crippen LogP contribution in [0.3, 0.4) is 0 Å². The summed E-state index contributed by atoms with van der Waals surface area (Å²) in [5, 5.41) is 3.48. The fourth-order valence-electron chi connectivity index (χ4n) is 2.77. The Labute approximate surface area is 111 Å². The fourth-order valence-corrected chi connectivity index (χ4v) is 2.77. The van der Waals surface area contributed by atoms with E-state index in [0.29, 0.717) is 17.5 Å². The van der Waals surface area contributed by atoms with Crippen LogP contribution in [0.25, 0.3) is 0 Å². The van der Waals surface area contributed by atoms with Gasteiger partial charge in [0.2, 0.25) is 0 Å². The molecule has 1 aliphatic carbocycles. The third-order valence-electron chi connectivity index (χ3n) is 4.14. The van der Waals surface area contributed by atoms with Gasteiger partial charge in [-0.25, -0.2) is 4.98 Å². The Morgan fingerprint density at radius 1 is 1.39 bits per heavy atom. The molecule has 0 bridgehead atoms. The van der Waals surface area contributed by atoms with Gasteiger partial charge in [-0.1, -0.05) is 27.7 Å². The molecule has 0 spiro atoms. The molecule has 0 aromatic carbocycles. The Morgan fingerprint density at radius 3 is 2.67 bits per heavy atom. The van der Waals surface area contributed by atoms with Crippen LogP contribution in [0.2, 0.25) is 0 Å². The van der Waals surface area contributed by atoms with Crippen LogP contribution in [-0.4, -0.2) is 15.6 Å². The molecule has 1 aliphatic rings. The first-order chi connectivity index (χ1) is 8.48. The highest BCUT2D eigenvalue weighted by atomic mass is 15.1. The number of aromatic nitrogens is 2. The molecule has 102 valence electrons. The molecule has 0 amide bonds. The van der Waals surface area contributed by atoms with E-state index >= 15 is 0 Å². The maximum absolute atomic E-state index is 4.33. The Morgan fingerprint density at radius 2 is 2.06 bits per heavy atom. The van der Waals surface area contributed by atoms with Gasteiger partial charge in [0.25, 0.3) is 0 Å². The van der Waals surface area contributed by atoms with Crippen LogP contribution in [0.4, 0.5) is 0 Å². The van der Waals surface area contributed by atoms with Crippen molar-refractivity contribution in [1.29, 1.82) is 0 Å². The summed E-state index contributed by atoms with van der Waals surface area (Å²) in [7, 11) is 0. The van der Waals surface area contributed by atoms with Gasteiger partial charge in [-0.2, -0.15) is 0 Å². The van der Waals surface area contributed by atoms with Crippen molar-refractivity contribution < 1.29 is 0 Å². The quantitative estimate of drug-likeness (QED) is 0.884. The number of hydrogen-bond donors (Lipinski definition) is 1. The van der Waals surface area contributed by atoms with Crippen molar-refractivity contribution in [2.24, 2.45) is 5.41 Å². The standard InChI is InChI=1S/C15H27N3/c1-12(2)17-10-14-9-16-11-18(14)13-5-7-15(3,4)8-6-13/h9,11-13,17H,5-8,10H2,1-4H3. The lowest BCUT2D eigenvalue weighted by Gasteiger charge is -2.35. The summed E-state index contributed by atoms with van der Waals surface area (Å²) in [6, 6.07) is 1.18. The molecule has 0 radical (unpaired) electrons. The highest BCUT2D eigenvalue weighted by Gasteiger charge is 2.28. The van der Waals surface area contributed by atoms with Crippen LogP contribution in [0.5, 0.6) is 0 Å². The zero-order valence-electron chi connectivity index (χ0n) is 12.2. The van der Waals surface area contributed by atoms with Gasteiger partial charge in [0.15, 0.2) is 0 Å². The highest BCUT2D eigenvalue weighted by molar-refractivity contribution is 5.01. The second-order valence-electron chi connectivity index (χ2n) is 6.72. The van der Waals surface area contributed by atoms with Gasteiger partial charge in [0.1, 0.15) is 0 Å². The molecule has 1 N–H and O–H groups in total. The number of nitrogens with zero attached hydrogens (tertiary/aromatic N) is 2. The summed E-state index contributed by atoms with van der Waals surface area (Å²) in [5.74, 6) is 0. The molecule has 1 fully saturated rings. The van der Waals surface area contributed by atoms with E-state index in [0.717, 1.165) is 6.54 Å². The molecule has 1 saturated carbocycles. The molecule has 1 aromatic heterocycles. The lowest BCUT2D eigenvalue weighted by atomic mass is 9.75. The molecule has 0 saturated heterocycles. The second kappa shape index (κ2) is 5.43. The first-order valence-electron chi connectivity index (χ1n) is 7.22. The molecular formula is C15H27N3. The third kappa shape index (κ3) is 3.35. The summed E-state index contributed by atoms with van der Waals surface area (Å²) in [4.78, 5) is 4.33. The van der Waals surface area contributed by atoms with E-state index in [9.17, 15) is 0 Å². The normalized spacial score (nSPS) is 20.5. The van der Waals surface area contributed by atoms with Gasteiger partial charge in [0, 0.05) is 24.8 Å². The van der Waals surface area contributed by atoms with Gasteiger partial charge < -0.3 is 9.88 Å². The number of rotatable bonds is 4. The summed E-state index contributed by atoms with van der Waals surface area (Å²) < 4.78 is 2.39. The van der Waals surface area contributed by atoms with Crippen LogP contribution in [-0.2, 0) is 6.54 Å². The smallest absolute Gasteiger partial charge is 0.0951 e. The largest absolute Gasteiger partial charge is 0.330 e. The van der Waals surface area contributed by atoms with Crippen molar-refractivity contribution in [3.8, 4) is 0 Å². The van der Waals surface area contributed by atoms with Crippen molar-refractivity contribution in [3.05, 3.63) is 18.2 Å². The van der Waals surface area contributed by atoms with Gasteiger partial charge in [0.05, 0.1) is 12.0 Å². The average molecular weight is 249 g/mol. The molecular weight excluding hydrogens is 222 g/mol. The molecule has 1 aromatic rings. The van der Waals surface area contributed by atoms with Crippen molar-refractivity contribution in [2.45, 2.75) is 72.0 Å². The van der Waals surface area contributed by atoms with Crippen molar-refractivity contribution >= 4 is 0 Å². The van der Waals surface area contributed by atoms with E-state index in [4.69, 9.17) is 0 Å². The van der Waals surface area contributed by atoms with E-state index in [1.165, 1.54) is 31.4 Å². The second-order valence-corrected chi connectivity index (χ2v) is 6.72. The topological polar surface area (TPSA) is 29.9 Å². The fraction of sp³-hybridized carbons (Fsp3) is 0.800. The van der Waals surface area contributed by atoms with Crippen LogP contribution >= 0.6 is 0 Å². The first-order valence-corrected chi connectivity index (χ1v) is 7.22. The Bertz CT molecular complexity index is 369. The van der Waals surface area contributed by atoms with E-state index in [2.05, 4.69) is 42.6 Å². The average Bonchev–Trinajstić information content (AvgIpc) is 2.74. The number of nitrogens with one attached hydrogen (secondary N) is 1. The Hall–Kier alpha value is -0.830. The predicted molar refractivity (Wildman–Crippen MR) is 75.5 cm³/mol. The maximum atomic E-state index is 4.33. The van der Waals surface area contributed by atoms with E-state index in [-0.39, 0.29) is 0 Å². The summed E-state index contributed by atoms with van der Waals surface area (Å²) in [6.45, 7) is 10.1. The Kier molecular flexibility index (Phi) is 4.10. The SMILES string of the molecule is CC(C)NCc1cncn1C1CCC(C)(C)CC1. The lowest BCUT2D eigenvalue weighted by Crippen LogP contribution is -2.27. The number of imidazole rings is 1. The van der Waals surface area contributed by atoms with Gasteiger partial charge in [-0.15, -0.1) is 0 Å². The summed E-state index contributed by atoms with van der Waals surface area (Å²) >= 11 is 0. The van der Waals surface area contributed by atoms with Crippen molar-refractivity contribution in [1.82, 2.24) is 14.9 Å². The molecule has 0 unspecified atom stereocenters. The molecule has 1 heterocycles. The molecule has 0 atom stereocenters. The van der Waals surface area contributed by atoms with Gasteiger partial charge in [-0.05, 0) is 31.1 Å². The summed E-state index contributed by atoms with van der Waals surface area (Å²) in [5.41, 5.74) is 1.86. The van der Waals surface area contributed by atoms with Crippen LogP contribution < -0.4 is 5.32 Å². The van der Waals surface area contributed by atoms with Crippen LogP contribution in [0, 0.1) is 5.41 Å². The lowest BCUT2D eigenvalue weighted by molar-refractivity contribution is 0.191. The summed E-state index contributed by atoms with van der Waals surface area (Å²) in [6.07, 6.45) is 9.26. The minimum Gasteiger partial charge on any atom is -0.330 e. The monoisotopic (exact) mass is 249 g/mol. The van der Waals surface area contributed by atoms with Gasteiger partial charge >= 0.3 is 0 Å². The minimum absolute atomic E-state index is 0.527. The predicted octanol–water partition coefficient (Wildman–Crippen LogP) is 3.52.